The molecule has 1 aliphatic carbocycles. The third-order valence-electron chi connectivity index (χ3n) is 4.25. The number of hydrogen-bond donors (Lipinski definition) is 4. The number of amides is 1. The van der Waals surface area contributed by atoms with Crippen molar-refractivity contribution in [3.05, 3.63) is 28.3 Å². The molecule has 0 saturated heterocycles. The number of aromatic nitrogens is 2. The number of fused-ring (bicyclic) bond motifs is 1. The van der Waals surface area contributed by atoms with E-state index in [-0.39, 0.29) is 18.0 Å². The molecular formula is C15H18FN3O2S. The number of nitrogens with one attached hydrogen (secondary N) is 3. The predicted octanol–water partition coefficient (Wildman–Crippen LogP) is 2.65. The van der Waals surface area contributed by atoms with Gasteiger partial charge in [-0.1, -0.05) is 12.8 Å². The highest BCUT2D eigenvalue weighted by Crippen LogP contribution is 2.27. The van der Waals surface area contributed by atoms with E-state index in [1.807, 2.05) is 0 Å². The summed E-state index contributed by atoms with van der Waals surface area (Å²) in [5.41, 5.74) is 1.10. The van der Waals surface area contributed by atoms with Crippen molar-refractivity contribution in [1.29, 1.82) is 0 Å². The van der Waals surface area contributed by atoms with E-state index in [1.54, 1.807) is 0 Å². The lowest BCUT2D eigenvalue weighted by Crippen LogP contribution is -2.35. The lowest BCUT2D eigenvalue weighted by Gasteiger charge is -2.18. The standard InChI is InChI=1S/C15H18FN3O2S/c16-9-5-10(13-11(6-9)18-15(22)19-13)14(21)17-7-12(20)8-3-1-2-4-8/h5-6,8,12,20H,1-4,7H2,(H,17,21)(H2,18,19,22). The Morgan fingerprint density at radius 1 is 1.41 bits per heavy atom. The summed E-state index contributed by atoms with van der Waals surface area (Å²) in [5, 5.41) is 12.8. The first-order chi connectivity index (χ1) is 10.5. The van der Waals surface area contributed by atoms with E-state index in [0.717, 1.165) is 25.7 Å². The first-order valence-electron chi connectivity index (χ1n) is 7.42. The van der Waals surface area contributed by atoms with Gasteiger partial charge in [0, 0.05) is 6.54 Å². The maximum atomic E-state index is 13.6. The van der Waals surface area contributed by atoms with Crippen LogP contribution in [0.5, 0.6) is 0 Å². The minimum atomic E-state index is -0.555. The molecule has 0 radical (unpaired) electrons. The van der Waals surface area contributed by atoms with Crippen LogP contribution in [0.2, 0.25) is 0 Å². The fourth-order valence-corrected chi connectivity index (χ4v) is 3.30. The van der Waals surface area contributed by atoms with Gasteiger partial charge in [-0.25, -0.2) is 4.39 Å². The van der Waals surface area contributed by atoms with Gasteiger partial charge in [0.25, 0.3) is 5.91 Å². The average Bonchev–Trinajstić information content (AvgIpc) is 3.11. The normalized spacial score (nSPS) is 17.0. The topological polar surface area (TPSA) is 80.9 Å². The average molecular weight is 323 g/mol. The van der Waals surface area contributed by atoms with Crippen molar-refractivity contribution in [2.45, 2.75) is 31.8 Å². The van der Waals surface area contributed by atoms with Gasteiger partial charge >= 0.3 is 0 Å². The molecule has 1 unspecified atom stereocenters. The number of carbonyl (C=O) groups excluding carboxylic acids is 1. The van der Waals surface area contributed by atoms with Crippen LogP contribution in [0.3, 0.4) is 0 Å². The van der Waals surface area contributed by atoms with Crippen molar-refractivity contribution in [3.8, 4) is 0 Å². The number of carbonyl (C=O) groups is 1. The number of aliphatic hydroxyl groups is 1. The van der Waals surface area contributed by atoms with Gasteiger partial charge in [0.1, 0.15) is 5.82 Å². The Labute approximate surface area is 131 Å². The van der Waals surface area contributed by atoms with E-state index in [1.165, 1.54) is 12.1 Å². The summed E-state index contributed by atoms with van der Waals surface area (Å²) in [6.45, 7) is 0.173. The Hall–Kier alpha value is -1.73. The molecule has 2 aromatic rings. The van der Waals surface area contributed by atoms with Crippen molar-refractivity contribution >= 4 is 29.2 Å². The first kappa shape index (κ1) is 15.2. The van der Waals surface area contributed by atoms with Gasteiger partial charge in [0.15, 0.2) is 4.77 Å². The number of aliphatic hydroxyl groups excluding tert-OH is 1. The zero-order chi connectivity index (χ0) is 15.7. The summed E-state index contributed by atoms with van der Waals surface area (Å²) >= 11 is 4.98. The molecule has 1 amide bonds. The summed E-state index contributed by atoms with van der Waals surface area (Å²) in [6.07, 6.45) is 3.68. The molecule has 3 rings (SSSR count). The smallest absolute Gasteiger partial charge is 0.253 e. The van der Waals surface area contributed by atoms with Gasteiger partial charge in [0.2, 0.25) is 0 Å². The van der Waals surface area contributed by atoms with Crippen LogP contribution in [0, 0.1) is 16.5 Å². The number of H-pyrrole nitrogens is 2. The molecule has 5 nitrogen and oxygen atoms in total. The third kappa shape index (κ3) is 3.05. The van der Waals surface area contributed by atoms with E-state index in [2.05, 4.69) is 15.3 Å². The quantitative estimate of drug-likeness (QED) is 0.653. The van der Waals surface area contributed by atoms with Crippen molar-refractivity contribution in [1.82, 2.24) is 15.3 Å². The zero-order valence-electron chi connectivity index (χ0n) is 12.0. The monoisotopic (exact) mass is 323 g/mol. The first-order valence-corrected chi connectivity index (χ1v) is 7.83. The predicted molar refractivity (Wildman–Crippen MR) is 83.7 cm³/mol. The molecule has 1 aliphatic rings. The number of aromatic amines is 2. The summed E-state index contributed by atoms with van der Waals surface area (Å²) < 4.78 is 13.9. The van der Waals surface area contributed by atoms with Crippen LogP contribution in [0.1, 0.15) is 36.0 Å². The fraction of sp³-hybridized carbons (Fsp3) is 0.467. The van der Waals surface area contributed by atoms with E-state index >= 15 is 0 Å². The largest absolute Gasteiger partial charge is 0.391 e. The summed E-state index contributed by atoms with van der Waals surface area (Å²) in [6, 6.07) is 2.45. The van der Waals surface area contributed by atoms with Crippen LogP contribution < -0.4 is 5.32 Å². The molecule has 1 atom stereocenters. The van der Waals surface area contributed by atoms with Crippen LogP contribution in [0.25, 0.3) is 11.0 Å². The minimum Gasteiger partial charge on any atom is -0.391 e. The van der Waals surface area contributed by atoms with E-state index in [9.17, 15) is 14.3 Å². The van der Waals surface area contributed by atoms with Crippen molar-refractivity contribution in [2.24, 2.45) is 5.92 Å². The molecule has 1 aromatic heterocycles. The van der Waals surface area contributed by atoms with Crippen molar-refractivity contribution in [2.75, 3.05) is 6.54 Å². The lowest BCUT2D eigenvalue weighted by molar-refractivity contribution is 0.0841. The molecule has 1 fully saturated rings. The highest BCUT2D eigenvalue weighted by molar-refractivity contribution is 7.71. The molecular weight excluding hydrogens is 305 g/mol. The SMILES string of the molecule is O=C(NCC(O)C1CCCC1)c1cc(F)cc2[nH]c(=S)[nH]c12. The van der Waals surface area contributed by atoms with E-state index in [4.69, 9.17) is 12.2 Å². The number of halogens is 1. The third-order valence-corrected chi connectivity index (χ3v) is 4.45. The minimum absolute atomic E-state index is 0.173. The van der Waals surface area contributed by atoms with Crippen LogP contribution in [0.15, 0.2) is 12.1 Å². The van der Waals surface area contributed by atoms with Crippen LogP contribution in [-0.2, 0) is 0 Å². The van der Waals surface area contributed by atoms with Gasteiger partial charge in [-0.3, -0.25) is 4.79 Å². The molecule has 118 valence electrons. The van der Waals surface area contributed by atoms with Crippen molar-refractivity contribution < 1.29 is 14.3 Å². The van der Waals surface area contributed by atoms with Gasteiger partial charge < -0.3 is 20.4 Å². The molecule has 1 saturated carbocycles. The van der Waals surface area contributed by atoms with Gasteiger partial charge in [0.05, 0.1) is 22.7 Å². The molecule has 1 heterocycles. The van der Waals surface area contributed by atoms with E-state index < -0.39 is 17.8 Å². The second-order valence-electron chi connectivity index (χ2n) is 5.78. The zero-order valence-corrected chi connectivity index (χ0v) is 12.8. The molecule has 4 N–H and O–H groups in total. The Morgan fingerprint density at radius 2 is 2.14 bits per heavy atom. The number of imidazole rings is 1. The molecule has 0 bridgehead atoms. The second-order valence-corrected chi connectivity index (χ2v) is 6.19. The molecule has 0 spiro atoms. The van der Waals surface area contributed by atoms with Crippen molar-refractivity contribution in [3.63, 3.8) is 0 Å². The molecule has 0 aliphatic heterocycles. The highest BCUT2D eigenvalue weighted by Gasteiger charge is 2.24. The van der Waals surface area contributed by atoms with E-state index in [0.29, 0.717) is 15.8 Å². The maximum Gasteiger partial charge on any atom is 0.253 e. The number of benzene rings is 1. The highest BCUT2D eigenvalue weighted by atomic mass is 32.1. The van der Waals surface area contributed by atoms with Crippen LogP contribution in [0.4, 0.5) is 4.39 Å². The summed E-state index contributed by atoms with van der Waals surface area (Å²) in [4.78, 5) is 17.9. The Bertz CT molecular complexity index is 749. The van der Waals surface area contributed by atoms with Gasteiger partial charge in [-0.2, -0.15) is 0 Å². The number of rotatable bonds is 4. The maximum absolute atomic E-state index is 13.6. The lowest BCUT2D eigenvalue weighted by atomic mass is 10.0. The Morgan fingerprint density at radius 3 is 2.86 bits per heavy atom. The fourth-order valence-electron chi connectivity index (χ4n) is 3.09. The van der Waals surface area contributed by atoms with Crippen LogP contribution >= 0.6 is 12.2 Å². The number of hydrogen-bond acceptors (Lipinski definition) is 3. The van der Waals surface area contributed by atoms with Gasteiger partial charge in [-0.15, -0.1) is 0 Å². The Kier molecular flexibility index (Phi) is 4.26. The molecule has 1 aromatic carbocycles. The Balaban J connectivity index is 1.75. The second kappa shape index (κ2) is 6.18. The summed E-state index contributed by atoms with van der Waals surface area (Å²) in [5.74, 6) is -0.697. The molecule has 7 heteroatoms. The summed E-state index contributed by atoms with van der Waals surface area (Å²) in [7, 11) is 0. The van der Waals surface area contributed by atoms with Crippen LogP contribution in [-0.4, -0.2) is 33.6 Å². The molecule has 22 heavy (non-hydrogen) atoms. The van der Waals surface area contributed by atoms with Gasteiger partial charge in [-0.05, 0) is 43.1 Å².